The van der Waals surface area contributed by atoms with E-state index in [0.717, 1.165) is 6.42 Å². The number of hydrogen-bond donors (Lipinski definition) is 3. The van der Waals surface area contributed by atoms with Crippen LogP contribution in [0.2, 0.25) is 0 Å². The van der Waals surface area contributed by atoms with Gasteiger partial charge in [0.1, 0.15) is 6.04 Å². The van der Waals surface area contributed by atoms with Crippen molar-refractivity contribution in [3.63, 3.8) is 0 Å². The van der Waals surface area contributed by atoms with Gasteiger partial charge >= 0.3 is 12.0 Å². The zero-order valence-corrected chi connectivity index (χ0v) is 10.8. The molecule has 3 amide bonds. The minimum absolute atomic E-state index is 0.0427. The molecular weight excluding hydrogens is 254 g/mol. The first-order chi connectivity index (χ1) is 8.93. The summed E-state index contributed by atoms with van der Waals surface area (Å²) >= 11 is 0. The molecule has 2 unspecified atom stereocenters. The molecule has 1 rings (SSSR count). The topological polar surface area (TPSA) is 122 Å². The Bertz CT molecular complexity index is 360. The third kappa shape index (κ3) is 4.74. The van der Waals surface area contributed by atoms with Crippen LogP contribution in [-0.4, -0.2) is 59.8 Å². The summed E-state index contributed by atoms with van der Waals surface area (Å²) in [6, 6.07) is -1.82. The first-order valence-corrected chi connectivity index (χ1v) is 6.12. The van der Waals surface area contributed by atoms with E-state index < -0.39 is 30.4 Å². The number of amides is 3. The van der Waals surface area contributed by atoms with Crippen LogP contribution in [-0.2, 0) is 14.3 Å². The average molecular weight is 273 g/mol. The van der Waals surface area contributed by atoms with E-state index in [1.54, 1.807) is 0 Å². The molecule has 2 atom stereocenters. The van der Waals surface area contributed by atoms with E-state index in [0.29, 0.717) is 19.7 Å². The Morgan fingerprint density at radius 1 is 1.53 bits per heavy atom. The number of nitrogens with one attached hydrogen (secondary N) is 1. The lowest BCUT2D eigenvalue weighted by molar-refractivity contribution is -0.141. The second-order valence-corrected chi connectivity index (χ2v) is 4.36. The molecule has 0 saturated carbocycles. The van der Waals surface area contributed by atoms with Crippen molar-refractivity contribution >= 4 is 17.9 Å². The number of primary amides is 1. The number of carbonyl (C=O) groups is 3. The van der Waals surface area contributed by atoms with Gasteiger partial charge in [-0.05, 0) is 6.42 Å². The van der Waals surface area contributed by atoms with Crippen LogP contribution in [0.4, 0.5) is 4.79 Å². The summed E-state index contributed by atoms with van der Waals surface area (Å²) in [6.45, 7) is 3.16. The molecular formula is C11H19N3O5. The molecule has 19 heavy (non-hydrogen) atoms. The Labute approximate surface area is 110 Å². The third-order valence-corrected chi connectivity index (χ3v) is 2.88. The monoisotopic (exact) mass is 273 g/mol. The molecule has 0 aromatic carbocycles. The maximum Gasteiger partial charge on any atom is 0.326 e. The van der Waals surface area contributed by atoms with Gasteiger partial charge in [-0.1, -0.05) is 6.92 Å². The number of aliphatic carboxylic acids is 1. The Morgan fingerprint density at radius 2 is 2.21 bits per heavy atom. The van der Waals surface area contributed by atoms with Gasteiger partial charge in [-0.25, -0.2) is 9.59 Å². The Kier molecular flexibility index (Phi) is 5.56. The number of urea groups is 1. The summed E-state index contributed by atoms with van der Waals surface area (Å²) in [4.78, 5) is 35.0. The molecule has 0 spiro atoms. The zero-order valence-electron chi connectivity index (χ0n) is 10.8. The van der Waals surface area contributed by atoms with E-state index in [1.807, 2.05) is 6.92 Å². The molecule has 1 aliphatic heterocycles. The molecule has 1 saturated heterocycles. The van der Waals surface area contributed by atoms with Crippen LogP contribution in [0.1, 0.15) is 19.8 Å². The Hall–Kier alpha value is -1.83. The van der Waals surface area contributed by atoms with Crippen molar-refractivity contribution < 1.29 is 24.2 Å². The van der Waals surface area contributed by atoms with Gasteiger partial charge in [-0.15, -0.1) is 0 Å². The van der Waals surface area contributed by atoms with Gasteiger partial charge < -0.3 is 25.8 Å². The molecule has 4 N–H and O–H groups in total. The molecule has 0 bridgehead atoms. The number of hydrogen-bond acceptors (Lipinski definition) is 4. The van der Waals surface area contributed by atoms with Crippen molar-refractivity contribution in [1.82, 2.24) is 10.2 Å². The molecule has 0 aliphatic carbocycles. The summed E-state index contributed by atoms with van der Waals surface area (Å²) in [5.74, 6) is -2.06. The molecule has 1 fully saturated rings. The van der Waals surface area contributed by atoms with Crippen LogP contribution in [0.15, 0.2) is 0 Å². The fourth-order valence-electron chi connectivity index (χ4n) is 1.79. The van der Waals surface area contributed by atoms with Crippen molar-refractivity contribution in [3.8, 4) is 0 Å². The van der Waals surface area contributed by atoms with E-state index in [4.69, 9.17) is 15.6 Å². The van der Waals surface area contributed by atoms with E-state index in [-0.39, 0.29) is 6.10 Å². The highest BCUT2D eigenvalue weighted by Crippen LogP contribution is 2.08. The van der Waals surface area contributed by atoms with E-state index in [1.165, 1.54) is 4.90 Å². The molecule has 0 aromatic heterocycles. The number of nitrogens with zero attached hydrogens (tertiary/aromatic N) is 1. The van der Waals surface area contributed by atoms with E-state index in [9.17, 15) is 14.4 Å². The highest BCUT2D eigenvalue weighted by molar-refractivity contribution is 5.87. The van der Waals surface area contributed by atoms with Crippen molar-refractivity contribution in [2.45, 2.75) is 31.9 Å². The van der Waals surface area contributed by atoms with Crippen molar-refractivity contribution in [1.29, 1.82) is 0 Å². The van der Waals surface area contributed by atoms with Gasteiger partial charge in [0.05, 0.1) is 19.1 Å². The number of carboxylic acids is 1. The van der Waals surface area contributed by atoms with Crippen LogP contribution in [0.5, 0.6) is 0 Å². The first kappa shape index (κ1) is 15.2. The van der Waals surface area contributed by atoms with Crippen LogP contribution in [0.3, 0.4) is 0 Å². The second kappa shape index (κ2) is 6.93. The highest BCUT2D eigenvalue weighted by Gasteiger charge is 2.27. The molecule has 8 heteroatoms. The average Bonchev–Trinajstić information content (AvgIpc) is 2.37. The Morgan fingerprint density at radius 3 is 2.74 bits per heavy atom. The van der Waals surface area contributed by atoms with E-state index >= 15 is 0 Å². The maximum absolute atomic E-state index is 11.9. The largest absolute Gasteiger partial charge is 0.480 e. The maximum atomic E-state index is 11.9. The lowest BCUT2D eigenvalue weighted by Crippen LogP contribution is -2.53. The van der Waals surface area contributed by atoms with Crippen LogP contribution < -0.4 is 11.1 Å². The van der Waals surface area contributed by atoms with Crippen molar-refractivity contribution in [2.75, 3.05) is 19.7 Å². The summed E-state index contributed by atoms with van der Waals surface area (Å²) in [6.07, 6.45) is 0.301. The second-order valence-electron chi connectivity index (χ2n) is 4.36. The predicted molar refractivity (Wildman–Crippen MR) is 65.4 cm³/mol. The standard InChI is InChI=1S/C11H19N3O5/c1-2-7-6-14(3-4-19-7)11(18)13-8(10(16)17)5-9(12)15/h7-8H,2-6H2,1H3,(H2,12,15)(H,13,18)(H,16,17). The lowest BCUT2D eigenvalue weighted by atomic mass is 10.2. The van der Waals surface area contributed by atoms with Crippen LogP contribution >= 0.6 is 0 Å². The van der Waals surface area contributed by atoms with Gasteiger partial charge in [0.2, 0.25) is 5.91 Å². The first-order valence-electron chi connectivity index (χ1n) is 6.12. The summed E-state index contributed by atoms with van der Waals surface area (Å²) in [7, 11) is 0. The summed E-state index contributed by atoms with van der Waals surface area (Å²) in [5.41, 5.74) is 4.94. The normalized spacial score (nSPS) is 20.7. The quantitative estimate of drug-likeness (QED) is 0.601. The summed E-state index contributed by atoms with van der Waals surface area (Å²) in [5, 5.41) is 11.2. The lowest BCUT2D eigenvalue weighted by Gasteiger charge is -2.33. The molecule has 1 heterocycles. The molecule has 8 nitrogen and oxygen atoms in total. The van der Waals surface area contributed by atoms with Gasteiger partial charge in [0, 0.05) is 13.1 Å². The predicted octanol–water partition coefficient (Wildman–Crippen LogP) is -0.865. The zero-order chi connectivity index (χ0) is 14.4. The number of carboxylic acid groups (broad SMARTS) is 1. The van der Waals surface area contributed by atoms with Crippen LogP contribution in [0.25, 0.3) is 0 Å². The number of carbonyl (C=O) groups excluding carboxylic acids is 2. The highest BCUT2D eigenvalue weighted by atomic mass is 16.5. The molecule has 1 aliphatic rings. The smallest absolute Gasteiger partial charge is 0.326 e. The number of rotatable bonds is 5. The van der Waals surface area contributed by atoms with Gasteiger partial charge in [-0.2, -0.15) is 0 Å². The number of nitrogens with two attached hydrogens (primary N) is 1. The van der Waals surface area contributed by atoms with E-state index in [2.05, 4.69) is 5.32 Å². The fourth-order valence-corrected chi connectivity index (χ4v) is 1.79. The van der Waals surface area contributed by atoms with Gasteiger partial charge in [0.25, 0.3) is 0 Å². The van der Waals surface area contributed by atoms with Gasteiger partial charge in [0.15, 0.2) is 0 Å². The SMILES string of the molecule is CCC1CN(C(=O)NC(CC(N)=O)C(=O)O)CCO1. The number of ether oxygens (including phenoxy) is 1. The minimum Gasteiger partial charge on any atom is -0.480 e. The Balaban J connectivity index is 2.56. The van der Waals surface area contributed by atoms with Crippen molar-refractivity contribution in [2.24, 2.45) is 5.73 Å². The van der Waals surface area contributed by atoms with Gasteiger partial charge in [-0.3, -0.25) is 4.79 Å². The fraction of sp³-hybridized carbons (Fsp3) is 0.727. The van der Waals surface area contributed by atoms with Crippen LogP contribution in [0, 0.1) is 0 Å². The molecule has 108 valence electrons. The summed E-state index contributed by atoms with van der Waals surface area (Å²) < 4.78 is 5.41. The molecule has 0 aromatic rings. The minimum atomic E-state index is -1.30. The molecule has 0 radical (unpaired) electrons. The third-order valence-electron chi connectivity index (χ3n) is 2.88. The number of morpholine rings is 1. The van der Waals surface area contributed by atoms with Crippen molar-refractivity contribution in [3.05, 3.63) is 0 Å².